The van der Waals surface area contributed by atoms with Crippen molar-refractivity contribution in [3.63, 3.8) is 0 Å². The Balaban J connectivity index is 2.26. The van der Waals surface area contributed by atoms with Crippen LogP contribution in [0.4, 0.5) is 10.1 Å². The SMILES string of the molecule is Cc1ccc(N2C[C@@H](C(=O)[O-])CC2=O)cc1F. The lowest BCUT2D eigenvalue weighted by molar-refractivity contribution is -0.310. The second kappa shape index (κ2) is 4.16. The van der Waals surface area contributed by atoms with E-state index in [1.807, 2.05) is 0 Å². The van der Waals surface area contributed by atoms with E-state index >= 15 is 0 Å². The molecule has 1 saturated heterocycles. The minimum absolute atomic E-state index is 0.0453. The molecule has 90 valence electrons. The number of benzene rings is 1. The Labute approximate surface area is 97.7 Å². The Bertz CT molecular complexity index is 487. The number of rotatable bonds is 2. The molecule has 17 heavy (non-hydrogen) atoms. The van der Waals surface area contributed by atoms with Crippen molar-refractivity contribution >= 4 is 17.6 Å². The number of carboxylic acid groups (broad SMARTS) is 1. The second-order valence-electron chi connectivity index (χ2n) is 4.16. The summed E-state index contributed by atoms with van der Waals surface area (Å²) in [5.74, 6) is -2.78. The van der Waals surface area contributed by atoms with Gasteiger partial charge in [-0.3, -0.25) is 4.79 Å². The van der Waals surface area contributed by atoms with E-state index in [2.05, 4.69) is 0 Å². The lowest BCUT2D eigenvalue weighted by Crippen LogP contribution is -2.33. The molecule has 1 aromatic rings. The van der Waals surface area contributed by atoms with Gasteiger partial charge in [-0.15, -0.1) is 0 Å². The van der Waals surface area contributed by atoms with Crippen LogP contribution in [0.5, 0.6) is 0 Å². The number of carbonyl (C=O) groups is 2. The number of aryl methyl sites for hydroxylation is 1. The number of aliphatic carboxylic acids is 1. The zero-order valence-electron chi connectivity index (χ0n) is 9.27. The normalized spacial score (nSPS) is 19.8. The van der Waals surface area contributed by atoms with E-state index in [-0.39, 0.29) is 18.9 Å². The van der Waals surface area contributed by atoms with Gasteiger partial charge in [-0.25, -0.2) is 4.39 Å². The zero-order chi connectivity index (χ0) is 12.6. The number of nitrogens with zero attached hydrogens (tertiary/aromatic N) is 1. The number of hydrogen-bond donors (Lipinski definition) is 0. The van der Waals surface area contributed by atoms with Gasteiger partial charge in [-0.2, -0.15) is 0 Å². The van der Waals surface area contributed by atoms with E-state index in [0.29, 0.717) is 11.3 Å². The molecule has 4 nitrogen and oxygen atoms in total. The Morgan fingerprint density at radius 3 is 2.76 bits per heavy atom. The highest BCUT2D eigenvalue weighted by Crippen LogP contribution is 2.26. The summed E-state index contributed by atoms with van der Waals surface area (Å²) in [7, 11) is 0. The lowest BCUT2D eigenvalue weighted by Gasteiger charge is -2.17. The summed E-state index contributed by atoms with van der Waals surface area (Å²) in [6.07, 6.45) is -0.0855. The number of hydrogen-bond acceptors (Lipinski definition) is 3. The Morgan fingerprint density at radius 2 is 2.24 bits per heavy atom. The fraction of sp³-hybridized carbons (Fsp3) is 0.333. The standard InChI is InChI=1S/C12H12FNO3/c1-7-2-3-9(5-10(7)13)14-6-8(12(16)17)4-11(14)15/h2-3,5,8H,4,6H2,1H3,(H,16,17)/p-1/t8-/m0/s1. The van der Waals surface area contributed by atoms with Crippen molar-refractivity contribution in [3.05, 3.63) is 29.6 Å². The molecule has 1 amide bonds. The van der Waals surface area contributed by atoms with Crippen LogP contribution >= 0.6 is 0 Å². The van der Waals surface area contributed by atoms with Crippen molar-refractivity contribution in [2.24, 2.45) is 5.92 Å². The molecule has 1 fully saturated rings. The van der Waals surface area contributed by atoms with Crippen LogP contribution in [-0.4, -0.2) is 18.4 Å². The van der Waals surface area contributed by atoms with Gasteiger partial charge >= 0.3 is 0 Å². The second-order valence-corrected chi connectivity index (χ2v) is 4.16. The van der Waals surface area contributed by atoms with E-state index < -0.39 is 17.7 Å². The molecule has 0 N–H and O–H groups in total. The number of amides is 1. The molecule has 0 radical (unpaired) electrons. The van der Waals surface area contributed by atoms with E-state index in [1.165, 1.54) is 11.0 Å². The first-order valence-electron chi connectivity index (χ1n) is 5.26. The summed E-state index contributed by atoms with van der Waals surface area (Å²) >= 11 is 0. The fourth-order valence-electron chi connectivity index (χ4n) is 1.86. The van der Waals surface area contributed by atoms with Gasteiger partial charge in [0, 0.05) is 30.5 Å². The molecule has 0 bridgehead atoms. The Kier molecular flexibility index (Phi) is 2.83. The van der Waals surface area contributed by atoms with Crippen molar-refractivity contribution in [2.75, 3.05) is 11.4 Å². The van der Waals surface area contributed by atoms with Crippen LogP contribution in [0.3, 0.4) is 0 Å². The molecule has 1 aliphatic rings. The predicted octanol–water partition coefficient (Wildman–Crippen LogP) is 0.237. The van der Waals surface area contributed by atoms with Crippen LogP contribution in [0.15, 0.2) is 18.2 Å². The minimum atomic E-state index is -1.24. The predicted molar refractivity (Wildman–Crippen MR) is 56.6 cm³/mol. The third-order valence-electron chi connectivity index (χ3n) is 2.93. The summed E-state index contributed by atoms with van der Waals surface area (Å²) in [5, 5.41) is 10.7. The van der Waals surface area contributed by atoms with Crippen LogP contribution in [-0.2, 0) is 9.59 Å². The summed E-state index contributed by atoms with van der Waals surface area (Å²) < 4.78 is 13.3. The average molecular weight is 236 g/mol. The van der Waals surface area contributed by atoms with Gasteiger partial charge in [0.2, 0.25) is 5.91 Å². The first-order valence-corrected chi connectivity index (χ1v) is 5.26. The molecule has 1 aliphatic heterocycles. The highest BCUT2D eigenvalue weighted by Gasteiger charge is 2.31. The van der Waals surface area contributed by atoms with E-state index in [9.17, 15) is 19.1 Å². The monoisotopic (exact) mass is 236 g/mol. The maximum atomic E-state index is 13.3. The molecule has 1 atom stereocenters. The number of anilines is 1. The van der Waals surface area contributed by atoms with Gasteiger partial charge in [0.15, 0.2) is 0 Å². The third kappa shape index (κ3) is 2.13. The molecule has 1 aromatic carbocycles. The minimum Gasteiger partial charge on any atom is -0.550 e. The van der Waals surface area contributed by atoms with E-state index in [1.54, 1.807) is 19.1 Å². The molecular formula is C12H11FNO3-. The van der Waals surface area contributed by atoms with E-state index in [0.717, 1.165) is 0 Å². The first-order chi connectivity index (χ1) is 7.99. The largest absolute Gasteiger partial charge is 0.550 e. The first kappa shape index (κ1) is 11.6. The Morgan fingerprint density at radius 1 is 1.53 bits per heavy atom. The maximum Gasteiger partial charge on any atom is 0.227 e. The molecular weight excluding hydrogens is 225 g/mol. The smallest absolute Gasteiger partial charge is 0.227 e. The molecule has 0 aliphatic carbocycles. The molecule has 1 heterocycles. The van der Waals surface area contributed by atoms with Gasteiger partial charge in [-0.1, -0.05) is 6.07 Å². The molecule has 2 rings (SSSR count). The van der Waals surface area contributed by atoms with Crippen molar-refractivity contribution in [3.8, 4) is 0 Å². The van der Waals surface area contributed by atoms with E-state index in [4.69, 9.17) is 0 Å². The van der Waals surface area contributed by atoms with Crippen LogP contribution in [0.2, 0.25) is 0 Å². The van der Waals surface area contributed by atoms with Crippen LogP contribution in [0, 0.1) is 18.7 Å². The van der Waals surface area contributed by atoms with Gasteiger partial charge in [0.05, 0.1) is 0 Å². The van der Waals surface area contributed by atoms with Gasteiger partial charge in [-0.05, 0) is 24.6 Å². The summed E-state index contributed by atoms with van der Waals surface area (Å²) in [4.78, 5) is 23.6. The lowest BCUT2D eigenvalue weighted by atomic mass is 10.1. The molecule has 0 saturated carbocycles. The molecule has 0 spiro atoms. The van der Waals surface area contributed by atoms with Crippen molar-refractivity contribution in [1.29, 1.82) is 0 Å². The molecule has 5 heteroatoms. The number of halogens is 1. The summed E-state index contributed by atoms with van der Waals surface area (Å²) in [6.45, 7) is 1.67. The van der Waals surface area contributed by atoms with Gasteiger partial charge < -0.3 is 14.8 Å². The van der Waals surface area contributed by atoms with Crippen LogP contribution in [0.25, 0.3) is 0 Å². The highest BCUT2D eigenvalue weighted by molar-refractivity contribution is 5.98. The van der Waals surface area contributed by atoms with Gasteiger partial charge in [0.1, 0.15) is 5.82 Å². The molecule has 0 aromatic heterocycles. The fourth-order valence-corrected chi connectivity index (χ4v) is 1.86. The van der Waals surface area contributed by atoms with Crippen LogP contribution < -0.4 is 10.0 Å². The number of carbonyl (C=O) groups excluding carboxylic acids is 2. The van der Waals surface area contributed by atoms with Crippen molar-refractivity contribution < 1.29 is 19.1 Å². The summed E-state index contributed by atoms with van der Waals surface area (Å²) in [5.41, 5.74) is 0.874. The average Bonchev–Trinajstić information content (AvgIpc) is 2.65. The highest BCUT2D eigenvalue weighted by atomic mass is 19.1. The number of carboxylic acids is 1. The van der Waals surface area contributed by atoms with Crippen molar-refractivity contribution in [2.45, 2.75) is 13.3 Å². The summed E-state index contributed by atoms with van der Waals surface area (Å²) in [6, 6.07) is 4.41. The topological polar surface area (TPSA) is 60.4 Å². The third-order valence-corrected chi connectivity index (χ3v) is 2.93. The zero-order valence-corrected chi connectivity index (χ0v) is 9.27. The quantitative estimate of drug-likeness (QED) is 0.738. The van der Waals surface area contributed by atoms with Crippen molar-refractivity contribution in [1.82, 2.24) is 0 Å². The maximum absolute atomic E-state index is 13.3. The van der Waals surface area contributed by atoms with Gasteiger partial charge in [0.25, 0.3) is 0 Å². The Hall–Kier alpha value is -1.91. The molecule has 0 unspecified atom stereocenters. The van der Waals surface area contributed by atoms with Crippen LogP contribution in [0.1, 0.15) is 12.0 Å².